The first-order chi connectivity index (χ1) is 8.70. The highest BCUT2D eigenvalue weighted by Crippen LogP contribution is 2.24. The molecule has 1 amide bonds. The standard InChI is InChI=1S/C14H25NO3/c1-3-4-10-18-14(17)15(12(2)11-16)13-8-6-5-7-9-13/h11-13H,3-10H2,1-2H3/t12-/m0/s1. The van der Waals surface area contributed by atoms with Crippen LogP contribution in [0.25, 0.3) is 0 Å². The van der Waals surface area contributed by atoms with Crippen molar-refractivity contribution in [3.8, 4) is 0 Å². The Morgan fingerprint density at radius 3 is 2.61 bits per heavy atom. The number of nitrogens with zero attached hydrogens (tertiary/aromatic N) is 1. The van der Waals surface area contributed by atoms with Crippen molar-refractivity contribution in [2.75, 3.05) is 6.61 Å². The van der Waals surface area contributed by atoms with E-state index in [-0.39, 0.29) is 18.2 Å². The Morgan fingerprint density at radius 1 is 1.39 bits per heavy atom. The first-order valence-electron chi connectivity index (χ1n) is 7.11. The molecule has 0 aromatic carbocycles. The molecule has 0 aromatic heterocycles. The highest BCUT2D eigenvalue weighted by molar-refractivity contribution is 5.73. The lowest BCUT2D eigenvalue weighted by atomic mass is 9.93. The molecule has 4 heteroatoms. The summed E-state index contributed by atoms with van der Waals surface area (Å²) < 4.78 is 5.25. The lowest BCUT2D eigenvalue weighted by molar-refractivity contribution is -0.112. The molecule has 4 nitrogen and oxygen atoms in total. The van der Waals surface area contributed by atoms with Crippen LogP contribution in [-0.2, 0) is 9.53 Å². The Balaban J connectivity index is 2.58. The second kappa shape index (κ2) is 8.11. The molecule has 0 radical (unpaired) electrons. The second-order valence-electron chi connectivity index (χ2n) is 5.04. The maximum absolute atomic E-state index is 12.1. The first-order valence-corrected chi connectivity index (χ1v) is 7.11. The molecule has 0 N–H and O–H groups in total. The van der Waals surface area contributed by atoms with Crippen molar-refractivity contribution >= 4 is 12.4 Å². The van der Waals surface area contributed by atoms with Crippen LogP contribution < -0.4 is 0 Å². The van der Waals surface area contributed by atoms with Crippen LogP contribution in [0.2, 0.25) is 0 Å². The molecule has 0 bridgehead atoms. The van der Waals surface area contributed by atoms with Gasteiger partial charge in [0.1, 0.15) is 6.29 Å². The van der Waals surface area contributed by atoms with Crippen LogP contribution in [0.1, 0.15) is 58.8 Å². The van der Waals surface area contributed by atoms with Gasteiger partial charge in [-0.1, -0.05) is 32.6 Å². The Hall–Kier alpha value is -1.06. The molecule has 1 aliphatic rings. The van der Waals surface area contributed by atoms with E-state index in [4.69, 9.17) is 4.74 Å². The smallest absolute Gasteiger partial charge is 0.410 e. The van der Waals surface area contributed by atoms with E-state index < -0.39 is 0 Å². The van der Waals surface area contributed by atoms with Gasteiger partial charge in [0.15, 0.2) is 0 Å². The largest absolute Gasteiger partial charge is 0.449 e. The van der Waals surface area contributed by atoms with Gasteiger partial charge in [0.25, 0.3) is 0 Å². The Morgan fingerprint density at radius 2 is 2.06 bits per heavy atom. The Labute approximate surface area is 110 Å². The van der Waals surface area contributed by atoms with Crippen molar-refractivity contribution in [1.82, 2.24) is 4.90 Å². The SMILES string of the molecule is CCCCOC(=O)N(C1CCCCC1)[C@@H](C)C=O. The van der Waals surface area contributed by atoms with Crippen molar-refractivity contribution in [2.45, 2.75) is 70.9 Å². The van der Waals surface area contributed by atoms with Crippen molar-refractivity contribution < 1.29 is 14.3 Å². The maximum atomic E-state index is 12.1. The highest BCUT2D eigenvalue weighted by atomic mass is 16.6. The van der Waals surface area contributed by atoms with Gasteiger partial charge in [0, 0.05) is 6.04 Å². The van der Waals surface area contributed by atoms with Crippen molar-refractivity contribution in [1.29, 1.82) is 0 Å². The van der Waals surface area contributed by atoms with E-state index in [0.717, 1.165) is 44.8 Å². The van der Waals surface area contributed by atoms with Gasteiger partial charge in [-0.3, -0.25) is 4.90 Å². The summed E-state index contributed by atoms with van der Waals surface area (Å²) in [5.74, 6) is 0. The molecule has 1 saturated carbocycles. The van der Waals surface area contributed by atoms with Crippen molar-refractivity contribution in [3.05, 3.63) is 0 Å². The highest BCUT2D eigenvalue weighted by Gasteiger charge is 2.30. The molecular formula is C14H25NO3. The number of carbonyl (C=O) groups is 2. The van der Waals surface area contributed by atoms with E-state index in [1.54, 1.807) is 11.8 Å². The van der Waals surface area contributed by atoms with Gasteiger partial charge in [-0.15, -0.1) is 0 Å². The summed E-state index contributed by atoms with van der Waals surface area (Å²) in [7, 11) is 0. The average Bonchev–Trinajstić information content (AvgIpc) is 2.40. The summed E-state index contributed by atoms with van der Waals surface area (Å²) in [6, 6.07) is -0.213. The second-order valence-corrected chi connectivity index (χ2v) is 5.04. The third kappa shape index (κ3) is 4.31. The molecule has 1 rings (SSSR count). The van der Waals surface area contributed by atoms with E-state index in [9.17, 15) is 9.59 Å². The zero-order valence-electron chi connectivity index (χ0n) is 11.6. The molecule has 0 unspecified atom stereocenters. The molecule has 0 spiro atoms. The topological polar surface area (TPSA) is 46.6 Å². The molecule has 104 valence electrons. The number of hydrogen-bond acceptors (Lipinski definition) is 3. The van der Waals surface area contributed by atoms with Gasteiger partial charge in [0.2, 0.25) is 0 Å². The van der Waals surface area contributed by atoms with E-state index in [0.29, 0.717) is 6.61 Å². The van der Waals surface area contributed by atoms with Crippen molar-refractivity contribution in [2.24, 2.45) is 0 Å². The third-order valence-corrected chi connectivity index (χ3v) is 3.54. The van der Waals surface area contributed by atoms with Gasteiger partial charge < -0.3 is 9.53 Å². The van der Waals surface area contributed by atoms with Crippen LogP contribution in [0.4, 0.5) is 4.79 Å². The monoisotopic (exact) mass is 255 g/mol. The third-order valence-electron chi connectivity index (χ3n) is 3.54. The number of aldehydes is 1. The van der Waals surface area contributed by atoms with Crippen LogP contribution in [-0.4, -0.2) is 36.0 Å². The number of carbonyl (C=O) groups excluding carboxylic acids is 2. The molecule has 0 saturated heterocycles. The fourth-order valence-corrected chi connectivity index (χ4v) is 2.45. The van der Waals surface area contributed by atoms with Crippen LogP contribution in [0.5, 0.6) is 0 Å². The number of amides is 1. The molecule has 1 aliphatic carbocycles. The average molecular weight is 255 g/mol. The zero-order valence-corrected chi connectivity index (χ0v) is 11.6. The summed E-state index contributed by atoms with van der Waals surface area (Å²) >= 11 is 0. The van der Waals surface area contributed by atoms with Crippen LogP contribution in [0.3, 0.4) is 0 Å². The molecule has 0 aromatic rings. The zero-order chi connectivity index (χ0) is 13.4. The van der Waals surface area contributed by atoms with E-state index >= 15 is 0 Å². The molecule has 1 fully saturated rings. The summed E-state index contributed by atoms with van der Waals surface area (Å²) in [5, 5.41) is 0. The number of unbranched alkanes of at least 4 members (excludes halogenated alkanes) is 1. The minimum atomic E-state index is -0.387. The van der Waals surface area contributed by atoms with Gasteiger partial charge in [-0.25, -0.2) is 4.79 Å². The fourth-order valence-electron chi connectivity index (χ4n) is 2.45. The lowest BCUT2D eigenvalue weighted by Crippen LogP contribution is -2.47. The minimum Gasteiger partial charge on any atom is -0.449 e. The molecule has 0 heterocycles. The van der Waals surface area contributed by atoms with Crippen LogP contribution >= 0.6 is 0 Å². The molecular weight excluding hydrogens is 230 g/mol. The fraction of sp³-hybridized carbons (Fsp3) is 0.857. The number of rotatable bonds is 6. The van der Waals surface area contributed by atoms with E-state index in [1.807, 2.05) is 0 Å². The summed E-state index contributed by atoms with van der Waals surface area (Å²) in [6.07, 6.45) is 7.85. The van der Waals surface area contributed by atoms with E-state index in [1.165, 1.54) is 6.42 Å². The quantitative estimate of drug-likeness (QED) is 0.541. The minimum absolute atomic E-state index is 0.174. The molecule has 18 heavy (non-hydrogen) atoms. The predicted molar refractivity (Wildman–Crippen MR) is 70.5 cm³/mol. The first kappa shape index (κ1) is 15.0. The Bertz CT molecular complexity index is 262. The maximum Gasteiger partial charge on any atom is 0.410 e. The van der Waals surface area contributed by atoms with Gasteiger partial charge >= 0.3 is 6.09 Å². The van der Waals surface area contributed by atoms with Gasteiger partial charge in [0.05, 0.1) is 12.6 Å². The van der Waals surface area contributed by atoms with E-state index in [2.05, 4.69) is 6.92 Å². The number of ether oxygens (including phenoxy) is 1. The van der Waals surface area contributed by atoms with Crippen LogP contribution in [0.15, 0.2) is 0 Å². The Kier molecular flexibility index (Phi) is 6.76. The number of hydrogen-bond donors (Lipinski definition) is 0. The summed E-state index contributed by atoms with van der Waals surface area (Å²) in [6.45, 7) is 4.27. The lowest BCUT2D eigenvalue weighted by Gasteiger charge is -2.35. The van der Waals surface area contributed by atoms with Gasteiger partial charge in [-0.05, 0) is 26.2 Å². The molecule has 1 atom stereocenters. The molecule has 0 aliphatic heterocycles. The van der Waals surface area contributed by atoms with Crippen LogP contribution in [0, 0.1) is 0 Å². The summed E-state index contributed by atoms with van der Waals surface area (Å²) in [5.41, 5.74) is 0. The summed E-state index contributed by atoms with van der Waals surface area (Å²) in [4.78, 5) is 24.7. The normalized spacial score (nSPS) is 18.1. The van der Waals surface area contributed by atoms with Crippen molar-refractivity contribution in [3.63, 3.8) is 0 Å². The predicted octanol–water partition coefficient (Wildman–Crippen LogP) is 3.15. The van der Waals surface area contributed by atoms with Gasteiger partial charge in [-0.2, -0.15) is 0 Å².